The minimum absolute atomic E-state index is 0.0141. The summed E-state index contributed by atoms with van der Waals surface area (Å²) in [4.78, 5) is 23.1. The fraction of sp³-hybridized carbons (Fsp3) is 0.385. The number of carbonyl (C=O) groups excluding carboxylic acids is 2. The van der Waals surface area contributed by atoms with Crippen LogP contribution in [0.3, 0.4) is 0 Å². The summed E-state index contributed by atoms with van der Waals surface area (Å²) in [7, 11) is 0. The maximum absolute atomic E-state index is 13.3. The summed E-state index contributed by atoms with van der Waals surface area (Å²) in [5, 5.41) is 4.68. The molecule has 1 saturated heterocycles. The standard InChI is InChI=1S/C13H15FN2O3/c14-10-5-1-2-6-11(10)16-13(18)12(17)15-8-9-4-3-7-19-9/h1-2,5-6,9H,3-4,7-8H2,(H,15,17)(H,16,18)/t9-/m0/s1. The Morgan fingerprint density at radius 2 is 2.11 bits per heavy atom. The molecule has 0 radical (unpaired) electrons. The quantitative estimate of drug-likeness (QED) is 0.804. The van der Waals surface area contributed by atoms with Crippen molar-refractivity contribution < 1.29 is 18.7 Å². The van der Waals surface area contributed by atoms with Gasteiger partial charge in [0.1, 0.15) is 5.82 Å². The third kappa shape index (κ3) is 3.75. The van der Waals surface area contributed by atoms with E-state index in [4.69, 9.17) is 4.74 Å². The van der Waals surface area contributed by atoms with Crippen LogP contribution in [0.4, 0.5) is 10.1 Å². The average molecular weight is 266 g/mol. The van der Waals surface area contributed by atoms with Gasteiger partial charge in [0, 0.05) is 13.2 Å². The molecule has 1 aromatic rings. The smallest absolute Gasteiger partial charge is 0.313 e. The summed E-state index contributed by atoms with van der Waals surface area (Å²) < 4.78 is 18.6. The molecule has 102 valence electrons. The number of benzene rings is 1. The molecule has 0 bridgehead atoms. The molecule has 0 aliphatic carbocycles. The van der Waals surface area contributed by atoms with Crippen molar-refractivity contribution in [3.8, 4) is 0 Å². The first kappa shape index (κ1) is 13.5. The molecule has 1 fully saturated rings. The third-order valence-corrected chi connectivity index (χ3v) is 2.84. The van der Waals surface area contributed by atoms with Crippen LogP contribution in [0.2, 0.25) is 0 Å². The number of amides is 2. The Morgan fingerprint density at radius 1 is 1.32 bits per heavy atom. The molecular formula is C13H15FN2O3. The maximum atomic E-state index is 13.3. The molecule has 6 heteroatoms. The topological polar surface area (TPSA) is 67.4 Å². The number of anilines is 1. The van der Waals surface area contributed by atoms with Gasteiger partial charge in [-0.1, -0.05) is 12.1 Å². The zero-order chi connectivity index (χ0) is 13.7. The van der Waals surface area contributed by atoms with Gasteiger partial charge in [0.05, 0.1) is 11.8 Å². The van der Waals surface area contributed by atoms with Gasteiger partial charge >= 0.3 is 11.8 Å². The third-order valence-electron chi connectivity index (χ3n) is 2.84. The highest BCUT2D eigenvalue weighted by atomic mass is 19.1. The van der Waals surface area contributed by atoms with Gasteiger partial charge in [0.25, 0.3) is 0 Å². The van der Waals surface area contributed by atoms with Crippen molar-refractivity contribution in [2.45, 2.75) is 18.9 Å². The van der Waals surface area contributed by atoms with Crippen molar-refractivity contribution >= 4 is 17.5 Å². The highest BCUT2D eigenvalue weighted by Crippen LogP contribution is 2.12. The fourth-order valence-electron chi connectivity index (χ4n) is 1.83. The minimum atomic E-state index is -0.886. The number of carbonyl (C=O) groups is 2. The van der Waals surface area contributed by atoms with Crippen LogP contribution >= 0.6 is 0 Å². The van der Waals surface area contributed by atoms with Crippen molar-refractivity contribution in [1.29, 1.82) is 0 Å². The molecule has 19 heavy (non-hydrogen) atoms. The second-order valence-electron chi connectivity index (χ2n) is 4.28. The molecule has 5 nitrogen and oxygen atoms in total. The Balaban J connectivity index is 1.82. The maximum Gasteiger partial charge on any atom is 0.313 e. The number of hydrogen-bond acceptors (Lipinski definition) is 3. The Kier molecular flexibility index (Phi) is 4.46. The van der Waals surface area contributed by atoms with Crippen LogP contribution < -0.4 is 10.6 Å². The SMILES string of the molecule is O=C(NC[C@@H]1CCCO1)C(=O)Nc1ccccc1F. The number of halogens is 1. The molecule has 1 heterocycles. The summed E-state index contributed by atoms with van der Waals surface area (Å²) in [6, 6.07) is 5.67. The first-order valence-corrected chi connectivity index (χ1v) is 6.12. The van der Waals surface area contributed by atoms with Crippen molar-refractivity contribution in [1.82, 2.24) is 5.32 Å². The predicted molar refractivity (Wildman–Crippen MR) is 67.0 cm³/mol. The van der Waals surface area contributed by atoms with Gasteiger partial charge < -0.3 is 15.4 Å². The predicted octanol–water partition coefficient (Wildman–Crippen LogP) is 1.06. The van der Waals surface area contributed by atoms with E-state index in [1.165, 1.54) is 18.2 Å². The highest BCUT2D eigenvalue weighted by Gasteiger charge is 2.19. The van der Waals surface area contributed by atoms with E-state index >= 15 is 0 Å². The minimum Gasteiger partial charge on any atom is -0.376 e. The van der Waals surface area contributed by atoms with Crippen molar-refractivity contribution in [3.63, 3.8) is 0 Å². The van der Waals surface area contributed by atoms with Gasteiger partial charge in [-0.25, -0.2) is 4.39 Å². The van der Waals surface area contributed by atoms with Gasteiger partial charge in [-0.3, -0.25) is 9.59 Å². The van der Waals surface area contributed by atoms with E-state index in [1.807, 2.05) is 0 Å². The van der Waals surface area contributed by atoms with E-state index in [0.717, 1.165) is 12.8 Å². The lowest BCUT2D eigenvalue weighted by molar-refractivity contribution is -0.136. The average Bonchev–Trinajstić information content (AvgIpc) is 2.91. The number of hydrogen-bond donors (Lipinski definition) is 2. The van der Waals surface area contributed by atoms with Crippen molar-refractivity contribution in [2.75, 3.05) is 18.5 Å². The molecule has 1 aliphatic heterocycles. The molecule has 0 unspecified atom stereocenters. The van der Waals surface area contributed by atoms with E-state index in [9.17, 15) is 14.0 Å². The van der Waals surface area contributed by atoms with Gasteiger partial charge in [-0.05, 0) is 25.0 Å². The molecular weight excluding hydrogens is 251 g/mol. The molecule has 1 aromatic carbocycles. The number of ether oxygens (including phenoxy) is 1. The van der Waals surface area contributed by atoms with Crippen LogP contribution in [0, 0.1) is 5.82 Å². The lowest BCUT2D eigenvalue weighted by Crippen LogP contribution is -2.39. The second-order valence-corrected chi connectivity index (χ2v) is 4.28. The Bertz CT molecular complexity index is 473. The van der Waals surface area contributed by atoms with Gasteiger partial charge in [0.2, 0.25) is 0 Å². The lowest BCUT2D eigenvalue weighted by atomic mass is 10.2. The molecule has 2 rings (SSSR count). The van der Waals surface area contributed by atoms with Gasteiger partial charge in [-0.2, -0.15) is 0 Å². The van der Waals surface area contributed by atoms with E-state index in [-0.39, 0.29) is 11.8 Å². The molecule has 1 aliphatic rings. The van der Waals surface area contributed by atoms with Crippen LogP contribution in [-0.4, -0.2) is 31.1 Å². The zero-order valence-electron chi connectivity index (χ0n) is 10.3. The van der Waals surface area contributed by atoms with Crippen LogP contribution in [0.1, 0.15) is 12.8 Å². The summed E-state index contributed by atoms with van der Waals surface area (Å²) in [5.74, 6) is -2.26. The first-order chi connectivity index (χ1) is 9.16. The molecule has 0 spiro atoms. The largest absolute Gasteiger partial charge is 0.376 e. The van der Waals surface area contributed by atoms with Crippen LogP contribution in [-0.2, 0) is 14.3 Å². The van der Waals surface area contributed by atoms with Crippen LogP contribution in [0.15, 0.2) is 24.3 Å². The van der Waals surface area contributed by atoms with Crippen LogP contribution in [0.5, 0.6) is 0 Å². The van der Waals surface area contributed by atoms with Gasteiger partial charge in [-0.15, -0.1) is 0 Å². The summed E-state index contributed by atoms with van der Waals surface area (Å²) in [6.07, 6.45) is 1.79. The highest BCUT2D eigenvalue weighted by molar-refractivity contribution is 6.39. The Hall–Kier alpha value is -1.95. The second kappa shape index (κ2) is 6.29. The molecule has 1 atom stereocenters. The van der Waals surface area contributed by atoms with Gasteiger partial charge in [0.15, 0.2) is 0 Å². The van der Waals surface area contributed by atoms with E-state index in [0.29, 0.717) is 13.2 Å². The monoisotopic (exact) mass is 266 g/mol. The first-order valence-electron chi connectivity index (χ1n) is 6.12. The Labute approximate surface area is 110 Å². The zero-order valence-corrected chi connectivity index (χ0v) is 10.3. The van der Waals surface area contributed by atoms with E-state index < -0.39 is 17.6 Å². The molecule has 0 saturated carbocycles. The number of rotatable bonds is 3. The van der Waals surface area contributed by atoms with E-state index in [1.54, 1.807) is 6.07 Å². The normalized spacial score (nSPS) is 18.1. The summed E-state index contributed by atoms with van der Waals surface area (Å²) in [6.45, 7) is 0.978. The Morgan fingerprint density at radius 3 is 2.79 bits per heavy atom. The molecule has 2 amide bonds. The van der Waals surface area contributed by atoms with Crippen molar-refractivity contribution in [2.24, 2.45) is 0 Å². The number of para-hydroxylation sites is 1. The van der Waals surface area contributed by atoms with E-state index in [2.05, 4.69) is 10.6 Å². The fourth-order valence-corrected chi connectivity index (χ4v) is 1.83. The summed E-state index contributed by atoms with van der Waals surface area (Å²) in [5.41, 5.74) is -0.0141. The molecule has 0 aromatic heterocycles. The van der Waals surface area contributed by atoms with Crippen LogP contribution in [0.25, 0.3) is 0 Å². The summed E-state index contributed by atoms with van der Waals surface area (Å²) >= 11 is 0. The van der Waals surface area contributed by atoms with Crippen molar-refractivity contribution in [3.05, 3.63) is 30.1 Å². The lowest BCUT2D eigenvalue weighted by Gasteiger charge is -2.10. The molecule has 2 N–H and O–H groups in total. The number of nitrogens with one attached hydrogen (secondary N) is 2.